The minimum Gasteiger partial charge on any atom is -0.453 e. The summed E-state index contributed by atoms with van der Waals surface area (Å²) in [5, 5.41) is 2.69. The van der Waals surface area contributed by atoms with E-state index in [1.165, 1.54) is 25.1 Å². The Kier molecular flexibility index (Phi) is 7.25. The van der Waals surface area contributed by atoms with Gasteiger partial charge in [0, 0.05) is 37.0 Å². The maximum Gasteiger partial charge on any atom is 0.414 e. The van der Waals surface area contributed by atoms with Crippen LogP contribution in [0.5, 0.6) is 0 Å². The van der Waals surface area contributed by atoms with Gasteiger partial charge in [0.15, 0.2) is 0 Å². The molecule has 3 amide bonds. The molecule has 1 heterocycles. The SMILES string of the molecule is COC(=O)Nc1cc2c(cc1/C(C=NC1CC1)=C/N)N(C(=O)OC(C)C)C[C@H](C)N2C(C)=O. The van der Waals surface area contributed by atoms with Crippen molar-refractivity contribution < 1.29 is 23.9 Å². The van der Waals surface area contributed by atoms with Crippen LogP contribution in [0.2, 0.25) is 0 Å². The zero-order valence-corrected chi connectivity index (χ0v) is 19.6. The van der Waals surface area contributed by atoms with Gasteiger partial charge in [-0.2, -0.15) is 0 Å². The highest BCUT2D eigenvalue weighted by molar-refractivity contribution is 6.15. The van der Waals surface area contributed by atoms with Crippen LogP contribution in [-0.4, -0.2) is 56.2 Å². The highest BCUT2D eigenvalue weighted by Crippen LogP contribution is 2.42. The molecule has 0 aromatic heterocycles. The molecule has 10 heteroatoms. The minimum atomic E-state index is -0.680. The van der Waals surface area contributed by atoms with Gasteiger partial charge in [0.05, 0.1) is 42.4 Å². The average Bonchev–Trinajstić information content (AvgIpc) is 3.57. The van der Waals surface area contributed by atoms with E-state index in [0.29, 0.717) is 28.2 Å². The number of nitrogens with zero attached hydrogens (tertiary/aromatic N) is 3. The first-order valence-electron chi connectivity index (χ1n) is 10.9. The van der Waals surface area contributed by atoms with Crippen LogP contribution in [0.1, 0.15) is 46.1 Å². The first-order valence-corrected chi connectivity index (χ1v) is 10.9. The molecule has 0 spiro atoms. The highest BCUT2D eigenvalue weighted by atomic mass is 16.6. The third-order valence-electron chi connectivity index (χ3n) is 5.33. The van der Waals surface area contributed by atoms with E-state index in [0.717, 1.165) is 12.8 Å². The quantitative estimate of drug-likeness (QED) is 0.652. The van der Waals surface area contributed by atoms with Gasteiger partial charge in [-0.1, -0.05) is 0 Å². The molecular weight excluding hydrogens is 426 g/mol. The van der Waals surface area contributed by atoms with E-state index in [-0.39, 0.29) is 30.6 Å². The molecule has 0 saturated heterocycles. The normalized spacial score (nSPS) is 18.4. The molecule has 0 unspecified atom stereocenters. The molecule has 2 aliphatic rings. The third-order valence-corrected chi connectivity index (χ3v) is 5.33. The molecule has 0 bridgehead atoms. The lowest BCUT2D eigenvalue weighted by atomic mass is 9.99. The lowest BCUT2D eigenvalue weighted by Gasteiger charge is -2.41. The number of aliphatic imine (C=N–C) groups is 1. The summed E-state index contributed by atoms with van der Waals surface area (Å²) in [6.07, 6.45) is 3.57. The van der Waals surface area contributed by atoms with E-state index in [9.17, 15) is 14.4 Å². The second-order valence-corrected chi connectivity index (χ2v) is 8.42. The number of benzene rings is 1. The van der Waals surface area contributed by atoms with Crippen LogP contribution in [-0.2, 0) is 14.3 Å². The van der Waals surface area contributed by atoms with Crippen molar-refractivity contribution in [2.45, 2.75) is 58.7 Å². The monoisotopic (exact) mass is 457 g/mol. The highest BCUT2D eigenvalue weighted by Gasteiger charge is 2.36. The standard InChI is InChI=1S/C23H31N5O5/c1-13(2)33-23(31)27-12-14(3)28(15(4)29)21-9-19(26-22(30)32-5)18(8-20(21)27)16(10-24)11-25-17-6-7-17/h8-11,13-14,17H,6-7,12,24H2,1-5H3,(H,26,30)/b16-10+,25-11?/t14-/m0/s1. The van der Waals surface area contributed by atoms with Crippen LogP contribution in [0.4, 0.5) is 26.7 Å². The van der Waals surface area contributed by atoms with Crippen LogP contribution in [0.25, 0.3) is 5.57 Å². The Hall–Kier alpha value is -3.56. The van der Waals surface area contributed by atoms with Crippen molar-refractivity contribution in [1.29, 1.82) is 0 Å². The fourth-order valence-corrected chi connectivity index (χ4v) is 3.70. The van der Waals surface area contributed by atoms with E-state index in [1.54, 1.807) is 37.1 Å². The summed E-state index contributed by atoms with van der Waals surface area (Å²) >= 11 is 0. The van der Waals surface area contributed by atoms with Crippen molar-refractivity contribution >= 4 is 46.9 Å². The fraction of sp³-hybridized carbons (Fsp3) is 0.478. The average molecular weight is 458 g/mol. The molecule has 1 saturated carbocycles. The number of fused-ring (bicyclic) bond motifs is 1. The maximum absolute atomic E-state index is 12.9. The van der Waals surface area contributed by atoms with Gasteiger partial charge >= 0.3 is 12.2 Å². The predicted molar refractivity (Wildman–Crippen MR) is 128 cm³/mol. The number of nitrogens with two attached hydrogens (primary N) is 1. The van der Waals surface area contributed by atoms with Crippen LogP contribution >= 0.6 is 0 Å². The number of carbonyl (C=O) groups excluding carboxylic acids is 3. The van der Waals surface area contributed by atoms with E-state index < -0.39 is 12.2 Å². The largest absolute Gasteiger partial charge is 0.453 e. The second-order valence-electron chi connectivity index (χ2n) is 8.42. The summed E-state index contributed by atoms with van der Waals surface area (Å²) < 4.78 is 10.2. The van der Waals surface area contributed by atoms with Crippen molar-refractivity contribution in [1.82, 2.24) is 0 Å². The summed E-state index contributed by atoms with van der Waals surface area (Å²) in [4.78, 5) is 45.1. The van der Waals surface area contributed by atoms with E-state index in [2.05, 4.69) is 10.3 Å². The summed E-state index contributed by atoms with van der Waals surface area (Å²) in [6, 6.07) is 3.30. The zero-order chi connectivity index (χ0) is 24.3. The minimum absolute atomic E-state index is 0.192. The van der Waals surface area contributed by atoms with Gasteiger partial charge in [-0.05, 0) is 45.7 Å². The molecule has 0 radical (unpaired) electrons. The molecule has 1 aliphatic heterocycles. The van der Waals surface area contributed by atoms with E-state index in [4.69, 9.17) is 15.2 Å². The lowest BCUT2D eigenvalue weighted by molar-refractivity contribution is -0.117. The molecule has 33 heavy (non-hydrogen) atoms. The number of ether oxygens (including phenoxy) is 2. The smallest absolute Gasteiger partial charge is 0.414 e. The second kappa shape index (κ2) is 9.93. The first-order chi connectivity index (χ1) is 15.7. The lowest BCUT2D eigenvalue weighted by Crippen LogP contribution is -2.51. The molecule has 178 valence electrons. The molecule has 1 aliphatic carbocycles. The van der Waals surface area contributed by atoms with Gasteiger partial charge in [-0.3, -0.25) is 20.0 Å². The van der Waals surface area contributed by atoms with Gasteiger partial charge in [0.1, 0.15) is 0 Å². The number of carbonyl (C=O) groups is 3. The Morgan fingerprint density at radius 1 is 1.24 bits per heavy atom. The van der Waals surface area contributed by atoms with Gasteiger partial charge in [-0.25, -0.2) is 9.59 Å². The molecule has 1 fully saturated rings. The molecule has 1 aromatic carbocycles. The number of methoxy groups -OCH3 is 1. The topological polar surface area (TPSA) is 127 Å². The van der Waals surface area contributed by atoms with Crippen LogP contribution in [0, 0.1) is 0 Å². The summed E-state index contributed by atoms with van der Waals surface area (Å²) in [5.41, 5.74) is 8.31. The molecule has 1 atom stereocenters. The molecule has 10 nitrogen and oxygen atoms in total. The molecule has 3 rings (SSSR count). The Morgan fingerprint density at radius 3 is 2.48 bits per heavy atom. The fourth-order valence-electron chi connectivity index (χ4n) is 3.70. The third kappa shape index (κ3) is 5.44. The number of allylic oxidation sites excluding steroid dienone is 1. The van der Waals surface area contributed by atoms with Gasteiger partial charge in [0.25, 0.3) is 0 Å². The zero-order valence-electron chi connectivity index (χ0n) is 19.6. The maximum atomic E-state index is 12.9. The Balaban J connectivity index is 2.19. The number of rotatable bonds is 5. The summed E-state index contributed by atoms with van der Waals surface area (Å²) in [6.45, 7) is 7.09. The van der Waals surface area contributed by atoms with Crippen molar-refractivity contribution in [3.8, 4) is 0 Å². The molecule has 1 aromatic rings. The van der Waals surface area contributed by atoms with Crippen molar-refractivity contribution in [3.63, 3.8) is 0 Å². The van der Waals surface area contributed by atoms with Crippen molar-refractivity contribution in [3.05, 3.63) is 23.9 Å². The number of hydrogen-bond acceptors (Lipinski definition) is 7. The van der Waals surface area contributed by atoms with E-state index in [1.807, 2.05) is 6.92 Å². The Bertz CT molecular complexity index is 999. The van der Waals surface area contributed by atoms with E-state index >= 15 is 0 Å². The number of amides is 3. The predicted octanol–water partition coefficient (Wildman–Crippen LogP) is 3.50. The van der Waals surface area contributed by atoms with Crippen molar-refractivity contribution in [2.75, 3.05) is 28.8 Å². The Morgan fingerprint density at radius 2 is 1.94 bits per heavy atom. The summed E-state index contributed by atoms with van der Waals surface area (Å²) in [5.74, 6) is -0.192. The molecule has 3 N–H and O–H groups in total. The number of hydrogen-bond donors (Lipinski definition) is 2. The van der Waals surface area contributed by atoms with Crippen LogP contribution < -0.4 is 20.9 Å². The van der Waals surface area contributed by atoms with Gasteiger partial charge < -0.3 is 20.1 Å². The van der Waals surface area contributed by atoms with Crippen LogP contribution in [0.15, 0.2) is 23.3 Å². The molecular formula is C23H31N5O5. The van der Waals surface area contributed by atoms with Crippen molar-refractivity contribution in [2.24, 2.45) is 10.7 Å². The number of anilines is 3. The summed E-state index contributed by atoms with van der Waals surface area (Å²) in [7, 11) is 1.26. The first kappa shape index (κ1) is 24.1. The van der Waals surface area contributed by atoms with Gasteiger partial charge in [-0.15, -0.1) is 0 Å². The van der Waals surface area contributed by atoms with Gasteiger partial charge in [0.2, 0.25) is 5.91 Å². The van der Waals surface area contributed by atoms with Crippen LogP contribution in [0.3, 0.4) is 0 Å². The number of nitrogens with one attached hydrogen (secondary N) is 1. The Labute approximate surface area is 193 Å².